The third-order valence-electron chi connectivity index (χ3n) is 4.17. The van der Waals surface area contributed by atoms with Crippen molar-refractivity contribution in [1.82, 2.24) is 4.90 Å². The molecule has 128 valence electrons. The molecule has 2 aromatic rings. The molecule has 0 aliphatic heterocycles. The Morgan fingerprint density at radius 2 is 1.67 bits per heavy atom. The van der Waals surface area contributed by atoms with Crippen molar-refractivity contribution in [2.24, 2.45) is 0 Å². The van der Waals surface area contributed by atoms with Crippen molar-refractivity contribution in [2.45, 2.75) is 46.2 Å². The molecular weight excluding hydrogens is 296 g/mol. The molecule has 0 saturated heterocycles. The lowest BCUT2D eigenvalue weighted by molar-refractivity contribution is -0.133. The third-order valence-corrected chi connectivity index (χ3v) is 4.17. The summed E-state index contributed by atoms with van der Waals surface area (Å²) in [5.74, 6) is 0.187. The van der Waals surface area contributed by atoms with Crippen molar-refractivity contribution in [3.05, 3.63) is 65.7 Å². The third kappa shape index (κ3) is 5.41. The fraction of sp³-hybridized carbons (Fsp3) is 0.381. The van der Waals surface area contributed by atoms with Crippen LogP contribution in [0, 0.1) is 0 Å². The Labute approximate surface area is 145 Å². The highest BCUT2D eigenvalue weighted by Crippen LogP contribution is 2.12. The Kier molecular flexibility index (Phi) is 6.86. The van der Waals surface area contributed by atoms with Crippen molar-refractivity contribution in [3.8, 4) is 0 Å². The highest BCUT2D eigenvalue weighted by atomic mass is 16.2. The fourth-order valence-corrected chi connectivity index (χ4v) is 2.65. The van der Waals surface area contributed by atoms with Gasteiger partial charge < -0.3 is 10.2 Å². The van der Waals surface area contributed by atoms with E-state index in [2.05, 4.69) is 62.5 Å². The van der Waals surface area contributed by atoms with Crippen LogP contribution >= 0.6 is 0 Å². The van der Waals surface area contributed by atoms with Gasteiger partial charge in [0.15, 0.2) is 0 Å². The molecule has 0 aromatic heterocycles. The maximum atomic E-state index is 12.6. The Balaban J connectivity index is 1.86. The molecule has 0 radical (unpaired) electrons. The van der Waals surface area contributed by atoms with Crippen LogP contribution in [0.15, 0.2) is 54.6 Å². The second-order valence-electron chi connectivity index (χ2n) is 6.33. The number of carbonyl (C=O) groups excluding carboxylic acids is 1. The number of benzene rings is 2. The molecule has 24 heavy (non-hydrogen) atoms. The van der Waals surface area contributed by atoms with Gasteiger partial charge >= 0.3 is 0 Å². The first-order valence-electron chi connectivity index (χ1n) is 8.76. The molecule has 0 bridgehead atoms. The van der Waals surface area contributed by atoms with E-state index in [0.717, 1.165) is 12.1 Å². The molecule has 0 atom stereocenters. The van der Waals surface area contributed by atoms with Gasteiger partial charge in [-0.3, -0.25) is 4.79 Å². The van der Waals surface area contributed by atoms with Crippen LogP contribution in [0.3, 0.4) is 0 Å². The predicted molar refractivity (Wildman–Crippen MR) is 101 cm³/mol. The molecule has 3 nitrogen and oxygen atoms in total. The van der Waals surface area contributed by atoms with Gasteiger partial charge in [-0.05, 0) is 43.5 Å². The minimum Gasteiger partial charge on any atom is -0.385 e. The fourth-order valence-electron chi connectivity index (χ4n) is 2.65. The van der Waals surface area contributed by atoms with E-state index in [4.69, 9.17) is 0 Å². The van der Waals surface area contributed by atoms with E-state index < -0.39 is 0 Å². The highest BCUT2D eigenvalue weighted by Gasteiger charge is 2.16. The van der Waals surface area contributed by atoms with Crippen molar-refractivity contribution < 1.29 is 4.79 Å². The van der Waals surface area contributed by atoms with Crippen molar-refractivity contribution in [3.63, 3.8) is 0 Å². The van der Waals surface area contributed by atoms with E-state index in [1.54, 1.807) is 0 Å². The van der Waals surface area contributed by atoms with Crippen LogP contribution in [0.4, 0.5) is 5.69 Å². The van der Waals surface area contributed by atoms with Crippen molar-refractivity contribution in [2.75, 3.05) is 11.9 Å². The normalized spacial score (nSPS) is 10.7. The Bertz CT molecular complexity index is 620. The maximum Gasteiger partial charge on any atom is 0.224 e. The number of anilines is 1. The van der Waals surface area contributed by atoms with Gasteiger partial charge in [0.1, 0.15) is 0 Å². The summed E-state index contributed by atoms with van der Waals surface area (Å²) in [6.07, 6.45) is 1.54. The van der Waals surface area contributed by atoms with Crippen LogP contribution in [-0.4, -0.2) is 23.4 Å². The second-order valence-corrected chi connectivity index (χ2v) is 6.33. The largest absolute Gasteiger partial charge is 0.385 e. The zero-order chi connectivity index (χ0) is 17.4. The molecule has 0 unspecified atom stereocenters. The van der Waals surface area contributed by atoms with Crippen molar-refractivity contribution >= 4 is 11.6 Å². The van der Waals surface area contributed by atoms with Crippen LogP contribution in [-0.2, 0) is 17.8 Å². The van der Waals surface area contributed by atoms with Gasteiger partial charge in [-0.1, -0.05) is 49.4 Å². The average Bonchev–Trinajstić information content (AvgIpc) is 2.60. The first-order valence-corrected chi connectivity index (χ1v) is 8.76. The lowest BCUT2D eigenvalue weighted by Crippen LogP contribution is -2.37. The number of rotatable bonds is 8. The lowest BCUT2D eigenvalue weighted by Gasteiger charge is -2.27. The number of nitrogens with zero attached hydrogens (tertiary/aromatic N) is 1. The molecule has 0 heterocycles. The van der Waals surface area contributed by atoms with Crippen LogP contribution in [0.1, 0.15) is 38.3 Å². The van der Waals surface area contributed by atoms with Crippen LogP contribution in [0.25, 0.3) is 0 Å². The quantitative estimate of drug-likeness (QED) is 0.776. The summed E-state index contributed by atoms with van der Waals surface area (Å²) in [6, 6.07) is 18.8. The van der Waals surface area contributed by atoms with E-state index in [1.165, 1.54) is 11.1 Å². The number of hydrogen-bond acceptors (Lipinski definition) is 2. The molecule has 0 aliphatic carbocycles. The summed E-state index contributed by atoms with van der Waals surface area (Å²) in [5.41, 5.74) is 3.56. The molecule has 0 saturated carbocycles. The zero-order valence-corrected chi connectivity index (χ0v) is 15.0. The molecule has 0 spiro atoms. The first kappa shape index (κ1) is 18.1. The minimum atomic E-state index is 0.187. The molecular formula is C21H28N2O. The number of aryl methyl sites for hydroxylation is 1. The zero-order valence-electron chi connectivity index (χ0n) is 15.0. The summed E-state index contributed by atoms with van der Waals surface area (Å²) >= 11 is 0. The highest BCUT2D eigenvalue weighted by molar-refractivity contribution is 5.77. The Morgan fingerprint density at radius 3 is 2.25 bits per heavy atom. The van der Waals surface area contributed by atoms with Crippen molar-refractivity contribution in [1.29, 1.82) is 0 Å². The molecule has 0 fully saturated rings. The Hall–Kier alpha value is -2.29. The van der Waals surface area contributed by atoms with Gasteiger partial charge in [0.05, 0.1) is 0 Å². The molecule has 2 aromatic carbocycles. The van der Waals surface area contributed by atoms with Gasteiger partial charge in [-0.2, -0.15) is 0 Å². The monoisotopic (exact) mass is 324 g/mol. The number of hydrogen-bond donors (Lipinski definition) is 1. The van der Waals surface area contributed by atoms with Crippen LogP contribution in [0.2, 0.25) is 0 Å². The van der Waals surface area contributed by atoms with Gasteiger partial charge in [0.25, 0.3) is 0 Å². The number of carbonyl (C=O) groups is 1. The predicted octanol–water partition coefficient (Wildman–Crippen LogP) is 4.49. The summed E-state index contributed by atoms with van der Waals surface area (Å²) in [7, 11) is 0. The SMILES string of the molecule is CCc1ccc(NCCC(=O)N(Cc2ccccc2)C(C)C)cc1. The van der Waals surface area contributed by atoms with E-state index in [-0.39, 0.29) is 11.9 Å². The van der Waals surface area contributed by atoms with Gasteiger partial charge in [0.2, 0.25) is 5.91 Å². The van der Waals surface area contributed by atoms with E-state index in [9.17, 15) is 4.79 Å². The first-order chi connectivity index (χ1) is 11.6. The average molecular weight is 324 g/mol. The van der Waals surface area contributed by atoms with E-state index in [1.807, 2.05) is 23.1 Å². The Morgan fingerprint density at radius 1 is 1.00 bits per heavy atom. The maximum absolute atomic E-state index is 12.6. The van der Waals surface area contributed by atoms with Gasteiger partial charge in [-0.25, -0.2) is 0 Å². The summed E-state index contributed by atoms with van der Waals surface area (Å²) in [5, 5.41) is 3.34. The minimum absolute atomic E-state index is 0.187. The smallest absolute Gasteiger partial charge is 0.224 e. The van der Waals surface area contributed by atoms with E-state index >= 15 is 0 Å². The lowest BCUT2D eigenvalue weighted by atomic mass is 10.1. The standard InChI is InChI=1S/C21H28N2O/c1-4-18-10-12-20(13-11-18)22-15-14-21(24)23(17(2)3)16-19-8-6-5-7-9-19/h5-13,17,22H,4,14-16H2,1-3H3. The topological polar surface area (TPSA) is 32.3 Å². The van der Waals surface area contributed by atoms with E-state index in [0.29, 0.717) is 19.5 Å². The summed E-state index contributed by atoms with van der Waals surface area (Å²) in [4.78, 5) is 14.5. The van der Waals surface area contributed by atoms with Gasteiger partial charge in [-0.15, -0.1) is 0 Å². The molecule has 3 heteroatoms. The van der Waals surface area contributed by atoms with Gasteiger partial charge in [0, 0.05) is 31.2 Å². The number of amides is 1. The van der Waals surface area contributed by atoms with Crippen LogP contribution < -0.4 is 5.32 Å². The molecule has 0 aliphatic rings. The summed E-state index contributed by atoms with van der Waals surface area (Å²) < 4.78 is 0. The molecule has 1 amide bonds. The molecule has 1 N–H and O–H groups in total. The van der Waals surface area contributed by atoms with Crippen LogP contribution in [0.5, 0.6) is 0 Å². The summed E-state index contributed by atoms with van der Waals surface area (Å²) in [6.45, 7) is 7.61. The second kappa shape index (κ2) is 9.11. The molecule has 2 rings (SSSR count). The number of nitrogens with one attached hydrogen (secondary N) is 1.